The van der Waals surface area contributed by atoms with Crippen molar-refractivity contribution in [3.05, 3.63) is 60.2 Å². The molecule has 0 saturated carbocycles. The fourth-order valence-corrected chi connectivity index (χ4v) is 2.66. The Morgan fingerprint density at radius 2 is 2.12 bits per heavy atom. The topological polar surface area (TPSA) is 95.1 Å². The lowest BCUT2D eigenvalue weighted by Crippen LogP contribution is -2.14. The number of hydrogen-bond acceptors (Lipinski definition) is 5. The van der Waals surface area contributed by atoms with E-state index in [2.05, 4.69) is 32.7 Å². The van der Waals surface area contributed by atoms with Gasteiger partial charge in [0.2, 0.25) is 0 Å². The van der Waals surface area contributed by atoms with E-state index in [0.29, 0.717) is 6.61 Å². The second-order valence-corrected chi connectivity index (χ2v) is 5.25. The number of nitrogens with zero attached hydrogens (tertiary/aromatic N) is 5. The molecule has 0 spiro atoms. The Balaban J connectivity index is 0.000000526. The molecule has 0 saturated heterocycles. The minimum Gasteiger partial charge on any atom is -0.485 e. The Kier molecular flexibility index (Phi) is 4.55. The third-order valence-corrected chi connectivity index (χ3v) is 3.86. The highest BCUT2D eigenvalue weighted by Crippen LogP contribution is 2.26. The van der Waals surface area contributed by atoms with Gasteiger partial charge in [0.05, 0.1) is 18.9 Å². The highest BCUT2D eigenvalue weighted by molar-refractivity contribution is 5.35. The van der Waals surface area contributed by atoms with Crippen molar-refractivity contribution in [2.24, 2.45) is 0 Å². The summed E-state index contributed by atoms with van der Waals surface area (Å²) in [6, 6.07) is 8.17. The molecule has 0 aliphatic carbocycles. The van der Waals surface area contributed by atoms with Crippen molar-refractivity contribution in [1.82, 2.24) is 24.3 Å². The van der Waals surface area contributed by atoms with E-state index in [1.54, 1.807) is 12.5 Å². The summed E-state index contributed by atoms with van der Waals surface area (Å²) in [5.74, 6) is 2.70. The SMILES string of the molecule is CC(c1nnc2n1Cc1ccccc1OC2)n1ccnc1.O=CO. The van der Waals surface area contributed by atoms with Gasteiger partial charge in [0.15, 0.2) is 11.6 Å². The Hall–Kier alpha value is -3.16. The molecule has 4 rings (SSSR count). The van der Waals surface area contributed by atoms with Crippen molar-refractivity contribution < 1.29 is 14.6 Å². The molecule has 1 unspecified atom stereocenters. The van der Waals surface area contributed by atoms with Crippen molar-refractivity contribution in [3.8, 4) is 5.75 Å². The molecule has 3 heterocycles. The van der Waals surface area contributed by atoms with Crippen LogP contribution in [0.25, 0.3) is 0 Å². The monoisotopic (exact) mass is 327 g/mol. The van der Waals surface area contributed by atoms with E-state index in [-0.39, 0.29) is 12.5 Å². The van der Waals surface area contributed by atoms with Crippen molar-refractivity contribution >= 4 is 6.47 Å². The molecule has 24 heavy (non-hydrogen) atoms. The predicted molar refractivity (Wildman–Crippen MR) is 84.6 cm³/mol. The Bertz CT molecular complexity index is 813. The van der Waals surface area contributed by atoms with Crippen LogP contribution in [0.3, 0.4) is 0 Å². The maximum absolute atomic E-state index is 8.36. The van der Waals surface area contributed by atoms with E-state index in [1.165, 1.54) is 0 Å². The number of para-hydroxylation sites is 1. The quantitative estimate of drug-likeness (QED) is 0.720. The molecule has 1 atom stereocenters. The number of imidazole rings is 1. The molecular weight excluding hydrogens is 310 g/mol. The molecule has 124 valence electrons. The molecule has 2 aromatic heterocycles. The first-order valence-corrected chi connectivity index (χ1v) is 7.42. The lowest BCUT2D eigenvalue weighted by Gasteiger charge is -2.14. The number of rotatable bonds is 2. The number of hydrogen-bond donors (Lipinski definition) is 1. The molecule has 0 amide bonds. The van der Waals surface area contributed by atoms with E-state index in [4.69, 9.17) is 14.6 Å². The summed E-state index contributed by atoms with van der Waals surface area (Å²) < 4.78 is 9.97. The van der Waals surface area contributed by atoms with Gasteiger partial charge >= 0.3 is 0 Å². The zero-order valence-electron chi connectivity index (χ0n) is 13.1. The molecule has 1 N–H and O–H groups in total. The number of benzene rings is 1. The molecule has 1 aliphatic rings. The zero-order valence-corrected chi connectivity index (χ0v) is 13.1. The van der Waals surface area contributed by atoms with Gasteiger partial charge in [-0.1, -0.05) is 18.2 Å². The number of ether oxygens (including phenoxy) is 1. The molecule has 8 nitrogen and oxygen atoms in total. The number of carboxylic acid groups (broad SMARTS) is 1. The van der Waals surface area contributed by atoms with Crippen molar-refractivity contribution in [2.45, 2.75) is 26.1 Å². The van der Waals surface area contributed by atoms with Gasteiger partial charge < -0.3 is 19.0 Å². The van der Waals surface area contributed by atoms with Crippen molar-refractivity contribution in [3.63, 3.8) is 0 Å². The predicted octanol–water partition coefficient (Wildman–Crippen LogP) is 1.73. The minimum absolute atomic E-state index is 0.0824. The molecule has 3 aromatic rings. The lowest BCUT2D eigenvalue weighted by atomic mass is 10.2. The maximum atomic E-state index is 8.36. The largest absolute Gasteiger partial charge is 0.485 e. The van der Waals surface area contributed by atoms with Gasteiger partial charge in [-0.25, -0.2) is 4.98 Å². The van der Waals surface area contributed by atoms with Gasteiger partial charge in [-0.3, -0.25) is 4.79 Å². The Labute approximate surface area is 138 Å². The number of aromatic nitrogens is 5. The number of carbonyl (C=O) groups is 1. The summed E-state index contributed by atoms with van der Waals surface area (Å²) in [6.07, 6.45) is 5.51. The van der Waals surface area contributed by atoms with Crippen LogP contribution in [0.15, 0.2) is 43.0 Å². The fraction of sp³-hybridized carbons (Fsp3) is 0.250. The molecule has 0 bridgehead atoms. The van der Waals surface area contributed by atoms with Crippen LogP contribution in [0.5, 0.6) is 5.75 Å². The van der Waals surface area contributed by atoms with Gasteiger partial charge in [0, 0.05) is 18.0 Å². The average molecular weight is 327 g/mol. The molecular formula is C16H17N5O3. The van der Waals surface area contributed by atoms with Crippen LogP contribution in [0.1, 0.15) is 30.2 Å². The standard InChI is InChI=1S/C15H15N5O.CH2O2/c1-11(19-7-6-16-10-19)15-18-17-14-9-21-13-5-3-2-4-12(13)8-20(14)15;2-1-3/h2-7,10-11H,8-9H2,1H3;1H,(H,2,3). The van der Waals surface area contributed by atoms with Gasteiger partial charge in [-0.05, 0) is 13.0 Å². The zero-order chi connectivity index (χ0) is 16.9. The molecule has 8 heteroatoms. The van der Waals surface area contributed by atoms with Crippen LogP contribution in [0.4, 0.5) is 0 Å². The van der Waals surface area contributed by atoms with Crippen LogP contribution < -0.4 is 4.74 Å². The highest BCUT2D eigenvalue weighted by atomic mass is 16.5. The summed E-state index contributed by atoms with van der Waals surface area (Å²) in [5.41, 5.74) is 1.15. The van der Waals surface area contributed by atoms with Gasteiger partial charge in [0.25, 0.3) is 6.47 Å². The minimum atomic E-state index is -0.250. The van der Waals surface area contributed by atoms with Crippen LogP contribution in [-0.2, 0) is 17.9 Å². The maximum Gasteiger partial charge on any atom is 0.290 e. The van der Waals surface area contributed by atoms with Gasteiger partial charge in [-0.2, -0.15) is 0 Å². The fourth-order valence-electron chi connectivity index (χ4n) is 2.66. The Morgan fingerprint density at radius 1 is 1.33 bits per heavy atom. The lowest BCUT2D eigenvalue weighted by molar-refractivity contribution is -0.122. The van der Waals surface area contributed by atoms with Crippen LogP contribution in [0.2, 0.25) is 0 Å². The second kappa shape index (κ2) is 6.95. The highest BCUT2D eigenvalue weighted by Gasteiger charge is 2.22. The Morgan fingerprint density at radius 3 is 2.88 bits per heavy atom. The molecule has 1 aromatic carbocycles. The summed E-state index contributed by atoms with van der Waals surface area (Å²) in [6.45, 7) is 3.02. The van der Waals surface area contributed by atoms with E-state index in [9.17, 15) is 0 Å². The van der Waals surface area contributed by atoms with Crippen molar-refractivity contribution in [1.29, 1.82) is 0 Å². The van der Waals surface area contributed by atoms with E-state index >= 15 is 0 Å². The smallest absolute Gasteiger partial charge is 0.290 e. The normalized spacial score (nSPS) is 13.4. The van der Waals surface area contributed by atoms with Crippen LogP contribution in [-0.4, -0.2) is 35.9 Å². The van der Waals surface area contributed by atoms with Gasteiger partial charge in [0.1, 0.15) is 12.4 Å². The van der Waals surface area contributed by atoms with E-state index in [0.717, 1.165) is 29.5 Å². The van der Waals surface area contributed by atoms with Crippen molar-refractivity contribution in [2.75, 3.05) is 0 Å². The first kappa shape index (κ1) is 15.7. The first-order chi connectivity index (χ1) is 11.7. The average Bonchev–Trinajstić information content (AvgIpc) is 3.22. The molecule has 1 aliphatic heterocycles. The second-order valence-electron chi connectivity index (χ2n) is 5.25. The van der Waals surface area contributed by atoms with Crippen LogP contribution >= 0.6 is 0 Å². The first-order valence-electron chi connectivity index (χ1n) is 7.42. The van der Waals surface area contributed by atoms with Crippen LogP contribution in [0, 0.1) is 0 Å². The third kappa shape index (κ3) is 2.98. The third-order valence-electron chi connectivity index (χ3n) is 3.86. The summed E-state index contributed by atoms with van der Waals surface area (Å²) in [5, 5.41) is 15.5. The number of fused-ring (bicyclic) bond motifs is 2. The van der Waals surface area contributed by atoms with Gasteiger partial charge in [-0.15, -0.1) is 10.2 Å². The summed E-state index contributed by atoms with van der Waals surface area (Å²) in [4.78, 5) is 12.5. The molecule has 0 fully saturated rings. The summed E-state index contributed by atoms with van der Waals surface area (Å²) in [7, 11) is 0. The van der Waals surface area contributed by atoms with E-state index in [1.807, 2.05) is 29.0 Å². The van der Waals surface area contributed by atoms with E-state index < -0.39 is 0 Å². The summed E-state index contributed by atoms with van der Waals surface area (Å²) >= 11 is 0. The molecule has 0 radical (unpaired) electrons.